The topological polar surface area (TPSA) is 84.4 Å². The molecule has 0 spiro atoms. The standard InChI is InChI=1S/C22H26N4O3/c1-4-29-21(28)16-8-9-18-17(12-16)19(25-22-23-10-5-11-24-22)13(2)20(15-6-7-15)26(18)14(3)27/h5,8-13,15,19-20H,4,6-7H2,1-3H3,(H,23,24,25)/t13-,19-,20?/m1/s1. The third kappa shape index (κ3) is 3.69. The molecular formula is C22H26N4O3. The smallest absolute Gasteiger partial charge is 0.338 e. The lowest BCUT2D eigenvalue weighted by Gasteiger charge is -2.45. The van der Waals surface area contributed by atoms with E-state index in [-0.39, 0.29) is 29.9 Å². The number of aromatic nitrogens is 2. The molecule has 1 aromatic carbocycles. The Labute approximate surface area is 170 Å². The van der Waals surface area contributed by atoms with E-state index >= 15 is 0 Å². The summed E-state index contributed by atoms with van der Waals surface area (Å²) in [4.78, 5) is 35.5. The van der Waals surface area contributed by atoms with E-state index in [1.54, 1.807) is 38.4 Å². The van der Waals surface area contributed by atoms with Crippen LogP contribution < -0.4 is 10.2 Å². The summed E-state index contributed by atoms with van der Waals surface area (Å²) >= 11 is 0. The van der Waals surface area contributed by atoms with Gasteiger partial charge in [-0.15, -0.1) is 0 Å². The molecule has 0 radical (unpaired) electrons. The molecule has 29 heavy (non-hydrogen) atoms. The molecule has 152 valence electrons. The molecule has 1 N–H and O–H groups in total. The first kappa shape index (κ1) is 19.4. The maximum Gasteiger partial charge on any atom is 0.338 e. The summed E-state index contributed by atoms with van der Waals surface area (Å²) in [6.45, 7) is 5.86. The van der Waals surface area contributed by atoms with Gasteiger partial charge in [-0.2, -0.15) is 0 Å². The lowest BCUT2D eigenvalue weighted by molar-refractivity contribution is -0.117. The average Bonchev–Trinajstić information content (AvgIpc) is 3.55. The van der Waals surface area contributed by atoms with Gasteiger partial charge in [0.2, 0.25) is 11.9 Å². The van der Waals surface area contributed by atoms with Crippen LogP contribution in [0.2, 0.25) is 0 Å². The first-order valence-electron chi connectivity index (χ1n) is 10.2. The van der Waals surface area contributed by atoms with Crippen LogP contribution in [-0.2, 0) is 9.53 Å². The summed E-state index contributed by atoms with van der Waals surface area (Å²) in [6, 6.07) is 7.20. The number of anilines is 2. The Morgan fingerprint density at radius 2 is 1.97 bits per heavy atom. The Balaban J connectivity index is 1.81. The highest BCUT2D eigenvalue weighted by Crippen LogP contribution is 2.50. The number of amides is 1. The molecular weight excluding hydrogens is 368 g/mol. The first-order chi connectivity index (χ1) is 14.0. The second-order valence-electron chi connectivity index (χ2n) is 7.76. The van der Waals surface area contributed by atoms with E-state index < -0.39 is 0 Å². The maximum atomic E-state index is 12.6. The van der Waals surface area contributed by atoms with Crippen molar-refractivity contribution in [2.45, 2.75) is 45.7 Å². The molecule has 3 atom stereocenters. The van der Waals surface area contributed by atoms with E-state index in [0.29, 0.717) is 24.0 Å². The molecule has 0 saturated heterocycles. The minimum atomic E-state index is -0.364. The number of benzene rings is 1. The third-order valence-corrected chi connectivity index (χ3v) is 5.79. The van der Waals surface area contributed by atoms with Crippen LogP contribution in [0.3, 0.4) is 0 Å². The lowest BCUT2D eigenvalue weighted by atomic mass is 9.79. The maximum absolute atomic E-state index is 12.6. The SMILES string of the molecule is CCOC(=O)c1ccc2c(c1)[C@H](Nc1ncccn1)[C@@H](C)C(C1CC1)N2C(C)=O. The fraction of sp³-hybridized carbons (Fsp3) is 0.455. The quantitative estimate of drug-likeness (QED) is 0.780. The van der Waals surface area contributed by atoms with Crippen molar-refractivity contribution in [1.82, 2.24) is 9.97 Å². The summed E-state index contributed by atoms with van der Waals surface area (Å²) < 4.78 is 5.18. The third-order valence-electron chi connectivity index (χ3n) is 5.79. The summed E-state index contributed by atoms with van der Waals surface area (Å²) in [5.74, 6) is 0.806. The van der Waals surface area contributed by atoms with Gasteiger partial charge in [0, 0.05) is 37.0 Å². The summed E-state index contributed by atoms with van der Waals surface area (Å²) in [7, 11) is 0. The van der Waals surface area contributed by atoms with Crippen LogP contribution in [0.5, 0.6) is 0 Å². The Hall–Kier alpha value is -2.96. The second kappa shape index (κ2) is 7.81. The van der Waals surface area contributed by atoms with Crippen LogP contribution in [0.4, 0.5) is 11.6 Å². The van der Waals surface area contributed by atoms with E-state index in [1.165, 1.54) is 0 Å². The van der Waals surface area contributed by atoms with Crippen LogP contribution in [0.25, 0.3) is 0 Å². The Morgan fingerprint density at radius 3 is 2.59 bits per heavy atom. The number of hydrogen-bond donors (Lipinski definition) is 1. The monoisotopic (exact) mass is 394 g/mol. The molecule has 1 aliphatic carbocycles. The van der Waals surface area contributed by atoms with Crippen molar-refractivity contribution in [1.29, 1.82) is 0 Å². The molecule has 1 aromatic heterocycles. The van der Waals surface area contributed by atoms with Gasteiger partial charge in [0.15, 0.2) is 0 Å². The zero-order valence-electron chi connectivity index (χ0n) is 17.0. The fourth-order valence-corrected chi connectivity index (χ4v) is 4.42. The van der Waals surface area contributed by atoms with Crippen molar-refractivity contribution in [2.24, 2.45) is 11.8 Å². The van der Waals surface area contributed by atoms with E-state index in [4.69, 9.17) is 4.74 Å². The van der Waals surface area contributed by atoms with Crippen LogP contribution >= 0.6 is 0 Å². The predicted octanol–water partition coefficient (Wildman–Crippen LogP) is 3.59. The van der Waals surface area contributed by atoms with Gasteiger partial charge < -0.3 is 15.0 Å². The molecule has 4 rings (SSSR count). The fourth-order valence-electron chi connectivity index (χ4n) is 4.42. The van der Waals surface area contributed by atoms with Gasteiger partial charge in [0.05, 0.1) is 18.2 Å². The van der Waals surface area contributed by atoms with Crippen LogP contribution in [0.1, 0.15) is 55.6 Å². The van der Waals surface area contributed by atoms with Gasteiger partial charge >= 0.3 is 5.97 Å². The predicted molar refractivity (Wildman–Crippen MR) is 110 cm³/mol. The number of carbonyl (C=O) groups is 2. The van der Waals surface area contributed by atoms with Gasteiger partial charge in [-0.05, 0) is 55.5 Å². The minimum Gasteiger partial charge on any atom is -0.462 e. The second-order valence-corrected chi connectivity index (χ2v) is 7.76. The largest absolute Gasteiger partial charge is 0.462 e. The van der Waals surface area contributed by atoms with Gasteiger partial charge in [-0.3, -0.25) is 4.79 Å². The van der Waals surface area contributed by atoms with Crippen LogP contribution in [0, 0.1) is 11.8 Å². The van der Waals surface area contributed by atoms with Gasteiger partial charge in [0.1, 0.15) is 0 Å². The molecule has 0 bridgehead atoms. The molecule has 2 aliphatic rings. The number of fused-ring (bicyclic) bond motifs is 1. The van der Waals surface area contributed by atoms with E-state index in [9.17, 15) is 9.59 Å². The molecule has 1 fully saturated rings. The van der Waals surface area contributed by atoms with Crippen LogP contribution in [0.15, 0.2) is 36.7 Å². The number of esters is 1. The highest BCUT2D eigenvalue weighted by molar-refractivity contribution is 5.96. The average molecular weight is 394 g/mol. The summed E-state index contributed by atoms with van der Waals surface area (Å²) in [6.07, 6.45) is 5.64. The zero-order valence-corrected chi connectivity index (χ0v) is 17.0. The molecule has 1 aliphatic heterocycles. The number of rotatable bonds is 5. The zero-order chi connectivity index (χ0) is 20.5. The molecule has 7 nitrogen and oxygen atoms in total. The van der Waals surface area contributed by atoms with Crippen molar-refractivity contribution in [3.8, 4) is 0 Å². The van der Waals surface area contributed by atoms with E-state index in [0.717, 1.165) is 24.1 Å². The molecule has 2 aromatic rings. The van der Waals surface area contributed by atoms with Gasteiger partial charge in [0.25, 0.3) is 0 Å². The lowest BCUT2D eigenvalue weighted by Crippen LogP contribution is -2.51. The van der Waals surface area contributed by atoms with Gasteiger partial charge in [-0.25, -0.2) is 14.8 Å². The van der Waals surface area contributed by atoms with Crippen molar-refractivity contribution in [3.05, 3.63) is 47.8 Å². The van der Waals surface area contributed by atoms with Gasteiger partial charge in [-0.1, -0.05) is 6.92 Å². The number of ether oxygens (including phenoxy) is 1. The van der Waals surface area contributed by atoms with Crippen LogP contribution in [-0.4, -0.2) is 34.5 Å². The van der Waals surface area contributed by atoms with Crippen molar-refractivity contribution >= 4 is 23.5 Å². The number of nitrogens with zero attached hydrogens (tertiary/aromatic N) is 3. The normalized spacial score (nSPS) is 23.3. The van der Waals surface area contributed by atoms with Crippen molar-refractivity contribution in [3.63, 3.8) is 0 Å². The number of nitrogens with one attached hydrogen (secondary N) is 1. The Bertz CT molecular complexity index is 914. The summed E-state index contributed by atoms with van der Waals surface area (Å²) in [5.41, 5.74) is 2.21. The molecule has 7 heteroatoms. The molecule has 1 unspecified atom stereocenters. The highest BCUT2D eigenvalue weighted by atomic mass is 16.5. The Kier molecular flexibility index (Phi) is 5.22. The minimum absolute atomic E-state index is 0.0216. The molecule has 1 amide bonds. The van der Waals surface area contributed by atoms with E-state index in [2.05, 4.69) is 22.2 Å². The highest BCUT2D eigenvalue weighted by Gasteiger charge is 2.47. The number of carbonyl (C=O) groups excluding carboxylic acids is 2. The number of hydrogen-bond acceptors (Lipinski definition) is 6. The molecule has 2 heterocycles. The van der Waals surface area contributed by atoms with Crippen molar-refractivity contribution in [2.75, 3.05) is 16.8 Å². The molecule has 1 saturated carbocycles. The van der Waals surface area contributed by atoms with Crippen molar-refractivity contribution < 1.29 is 14.3 Å². The first-order valence-corrected chi connectivity index (χ1v) is 10.2. The summed E-state index contributed by atoms with van der Waals surface area (Å²) in [5, 5.41) is 3.44. The van der Waals surface area contributed by atoms with E-state index in [1.807, 2.05) is 17.0 Å². The Morgan fingerprint density at radius 1 is 1.24 bits per heavy atom.